The topological polar surface area (TPSA) is 37.3 Å². The molecule has 18 heavy (non-hydrogen) atoms. The van der Waals surface area contributed by atoms with Crippen LogP contribution < -0.4 is 0 Å². The largest absolute Gasteiger partial charge is 0.481 e. The highest BCUT2D eigenvalue weighted by Crippen LogP contribution is 2.25. The van der Waals surface area contributed by atoms with Crippen molar-refractivity contribution in [2.24, 2.45) is 17.8 Å². The number of halogens is 1. The monoisotopic (exact) mass is 252 g/mol. The fourth-order valence-corrected chi connectivity index (χ4v) is 2.34. The molecule has 2 atom stereocenters. The number of hydrogen-bond acceptors (Lipinski definition) is 1. The first kappa shape index (κ1) is 14.7. The van der Waals surface area contributed by atoms with Gasteiger partial charge in [0.15, 0.2) is 0 Å². The molecule has 0 aromatic heterocycles. The number of carbonyl (C=O) groups is 1. The second kappa shape index (κ2) is 6.53. The summed E-state index contributed by atoms with van der Waals surface area (Å²) in [6.07, 6.45) is 1.10. The molecule has 1 N–H and O–H groups in total. The highest BCUT2D eigenvalue weighted by atomic mass is 19.1. The van der Waals surface area contributed by atoms with Crippen LogP contribution in [0.15, 0.2) is 24.3 Å². The van der Waals surface area contributed by atoms with Gasteiger partial charge in [-0.15, -0.1) is 0 Å². The van der Waals surface area contributed by atoms with E-state index in [4.69, 9.17) is 0 Å². The molecule has 0 spiro atoms. The van der Waals surface area contributed by atoms with Crippen molar-refractivity contribution in [3.05, 3.63) is 35.6 Å². The minimum atomic E-state index is -0.841. The van der Waals surface area contributed by atoms with Crippen LogP contribution in [-0.2, 0) is 11.2 Å². The molecule has 0 aliphatic carbocycles. The quantitative estimate of drug-likeness (QED) is 0.837. The van der Waals surface area contributed by atoms with E-state index in [0.29, 0.717) is 11.5 Å². The average molecular weight is 252 g/mol. The van der Waals surface area contributed by atoms with Gasteiger partial charge in [0.25, 0.3) is 0 Å². The Labute approximate surface area is 108 Å². The van der Waals surface area contributed by atoms with Crippen LogP contribution in [0.3, 0.4) is 0 Å². The van der Waals surface area contributed by atoms with Crippen LogP contribution in [0.2, 0.25) is 0 Å². The molecule has 0 bridgehead atoms. The third-order valence-corrected chi connectivity index (χ3v) is 3.24. The molecular weight excluding hydrogens is 231 g/mol. The fourth-order valence-electron chi connectivity index (χ4n) is 2.34. The van der Waals surface area contributed by atoms with Crippen molar-refractivity contribution in [1.29, 1.82) is 0 Å². The third kappa shape index (κ3) is 4.13. The number of carboxylic acid groups (broad SMARTS) is 1. The summed E-state index contributed by atoms with van der Waals surface area (Å²) in [6, 6.07) is 6.39. The zero-order chi connectivity index (χ0) is 13.7. The molecule has 100 valence electrons. The molecule has 0 saturated carbocycles. The average Bonchev–Trinajstić information content (AvgIpc) is 2.26. The number of carboxylic acids is 1. The standard InChI is InChI=1S/C15H21FO2/c1-10(2)8-11(3)13(15(17)18)9-12-6-4-5-7-14(12)16/h4-7,10-11,13H,8-9H2,1-3H3,(H,17,18). The summed E-state index contributed by atoms with van der Waals surface area (Å²) in [5, 5.41) is 9.29. The van der Waals surface area contributed by atoms with Gasteiger partial charge in [-0.05, 0) is 36.3 Å². The van der Waals surface area contributed by atoms with Crippen molar-refractivity contribution in [2.75, 3.05) is 0 Å². The molecule has 0 fully saturated rings. The lowest BCUT2D eigenvalue weighted by Crippen LogP contribution is -2.25. The zero-order valence-corrected chi connectivity index (χ0v) is 11.2. The maximum atomic E-state index is 13.5. The van der Waals surface area contributed by atoms with Crippen molar-refractivity contribution in [3.63, 3.8) is 0 Å². The van der Waals surface area contributed by atoms with Crippen molar-refractivity contribution in [2.45, 2.75) is 33.6 Å². The lowest BCUT2D eigenvalue weighted by Gasteiger charge is -2.22. The van der Waals surface area contributed by atoms with Crippen LogP contribution >= 0.6 is 0 Å². The first-order chi connectivity index (χ1) is 8.41. The predicted octanol–water partition coefficient (Wildman–Crippen LogP) is 3.75. The lowest BCUT2D eigenvalue weighted by atomic mass is 9.83. The molecule has 0 saturated heterocycles. The van der Waals surface area contributed by atoms with Crippen molar-refractivity contribution >= 4 is 5.97 Å². The van der Waals surface area contributed by atoms with Gasteiger partial charge in [-0.3, -0.25) is 4.79 Å². The Bertz CT molecular complexity index is 401. The summed E-state index contributed by atoms with van der Waals surface area (Å²) >= 11 is 0. The van der Waals surface area contributed by atoms with Crippen molar-refractivity contribution in [1.82, 2.24) is 0 Å². The van der Waals surface area contributed by atoms with Crippen LogP contribution in [-0.4, -0.2) is 11.1 Å². The molecule has 3 heteroatoms. The maximum absolute atomic E-state index is 13.5. The molecular formula is C15H21FO2. The SMILES string of the molecule is CC(C)CC(C)C(Cc1ccccc1F)C(=O)O. The molecule has 0 amide bonds. The van der Waals surface area contributed by atoms with Gasteiger partial charge in [-0.1, -0.05) is 39.0 Å². The van der Waals surface area contributed by atoms with E-state index < -0.39 is 11.9 Å². The maximum Gasteiger partial charge on any atom is 0.307 e. The second-order valence-corrected chi connectivity index (χ2v) is 5.35. The lowest BCUT2D eigenvalue weighted by molar-refractivity contribution is -0.143. The van der Waals surface area contributed by atoms with Crippen LogP contribution in [0.5, 0.6) is 0 Å². The van der Waals surface area contributed by atoms with E-state index in [2.05, 4.69) is 13.8 Å². The first-order valence-corrected chi connectivity index (χ1v) is 6.38. The summed E-state index contributed by atoms with van der Waals surface area (Å²) in [7, 11) is 0. The van der Waals surface area contributed by atoms with Gasteiger partial charge < -0.3 is 5.11 Å². The molecule has 1 aromatic carbocycles. The van der Waals surface area contributed by atoms with Crippen LogP contribution in [0.25, 0.3) is 0 Å². The van der Waals surface area contributed by atoms with Gasteiger partial charge in [-0.25, -0.2) is 4.39 Å². The van der Waals surface area contributed by atoms with Gasteiger partial charge in [-0.2, -0.15) is 0 Å². The summed E-state index contributed by atoms with van der Waals surface area (Å²) < 4.78 is 13.5. The van der Waals surface area contributed by atoms with Gasteiger partial charge in [0.05, 0.1) is 5.92 Å². The molecule has 0 aliphatic heterocycles. The molecule has 0 aliphatic rings. The summed E-state index contributed by atoms with van der Waals surface area (Å²) in [5.74, 6) is -1.19. The molecule has 2 unspecified atom stereocenters. The molecule has 1 rings (SSSR count). The molecule has 2 nitrogen and oxygen atoms in total. The van der Waals surface area contributed by atoms with E-state index in [1.54, 1.807) is 18.2 Å². The Morgan fingerprint density at radius 3 is 2.39 bits per heavy atom. The number of hydrogen-bond donors (Lipinski definition) is 1. The van der Waals surface area contributed by atoms with E-state index in [9.17, 15) is 14.3 Å². The second-order valence-electron chi connectivity index (χ2n) is 5.35. The Balaban J connectivity index is 2.81. The van der Waals surface area contributed by atoms with Crippen molar-refractivity contribution < 1.29 is 14.3 Å². The Morgan fingerprint density at radius 2 is 1.89 bits per heavy atom. The van der Waals surface area contributed by atoms with Gasteiger partial charge in [0.1, 0.15) is 5.82 Å². The Morgan fingerprint density at radius 1 is 1.28 bits per heavy atom. The molecule has 0 radical (unpaired) electrons. The van der Waals surface area contributed by atoms with E-state index in [-0.39, 0.29) is 18.2 Å². The fraction of sp³-hybridized carbons (Fsp3) is 0.533. The Kier molecular flexibility index (Phi) is 5.32. The van der Waals surface area contributed by atoms with Gasteiger partial charge >= 0.3 is 5.97 Å². The van der Waals surface area contributed by atoms with Crippen LogP contribution in [0.1, 0.15) is 32.8 Å². The molecule has 0 heterocycles. The number of rotatable bonds is 6. The highest BCUT2D eigenvalue weighted by molar-refractivity contribution is 5.70. The summed E-state index contributed by atoms with van der Waals surface area (Å²) in [5.41, 5.74) is 0.487. The number of aliphatic carboxylic acids is 1. The van der Waals surface area contributed by atoms with Gasteiger partial charge in [0, 0.05) is 0 Å². The summed E-state index contributed by atoms with van der Waals surface area (Å²) in [6.45, 7) is 6.07. The minimum absolute atomic E-state index is 0.0436. The smallest absolute Gasteiger partial charge is 0.307 e. The van der Waals surface area contributed by atoms with E-state index >= 15 is 0 Å². The van der Waals surface area contributed by atoms with Crippen LogP contribution in [0.4, 0.5) is 4.39 Å². The molecule has 1 aromatic rings. The van der Waals surface area contributed by atoms with E-state index in [1.165, 1.54) is 6.07 Å². The van der Waals surface area contributed by atoms with Crippen molar-refractivity contribution in [3.8, 4) is 0 Å². The van der Waals surface area contributed by atoms with Gasteiger partial charge in [0.2, 0.25) is 0 Å². The first-order valence-electron chi connectivity index (χ1n) is 6.38. The predicted molar refractivity (Wildman–Crippen MR) is 69.8 cm³/mol. The highest BCUT2D eigenvalue weighted by Gasteiger charge is 2.26. The number of benzene rings is 1. The minimum Gasteiger partial charge on any atom is -0.481 e. The van der Waals surface area contributed by atoms with E-state index in [0.717, 1.165) is 6.42 Å². The normalized spacial score (nSPS) is 14.5. The van der Waals surface area contributed by atoms with Crippen LogP contribution in [0, 0.1) is 23.6 Å². The Hall–Kier alpha value is -1.38. The third-order valence-electron chi connectivity index (χ3n) is 3.24. The zero-order valence-electron chi connectivity index (χ0n) is 11.2. The van der Waals surface area contributed by atoms with E-state index in [1.807, 2.05) is 6.92 Å². The summed E-state index contributed by atoms with van der Waals surface area (Å²) in [4.78, 5) is 11.3.